The Bertz CT molecular complexity index is 632. The van der Waals surface area contributed by atoms with Gasteiger partial charge in [0.2, 0.25) is 0 Å². The molecule has 4 rings (SSSR count). The van der Waals surface area contributed by atoms with E-state index in [1.165, 1.54) is 49.8 Å². The summed E-state index contributed by atoms with van der Waals surface area (Å²) in [5, 5.41) is 15.2. The second-order valence-corrected chi connectivity index (χ2v) is 8.41. The molecular weight excluding hydrogens is 318 g/mol. The van der Waals surface area contributed by atoms with E-state index in [9.17, 15) is 0 Å². The number of rotatable bonds is 4. The number of hydrogen-bond acceptors (Lipinski definition) is 5. The summed E-state index contributed by atoms with van der Waals surface area (Å²) in [6.07, 6.45) is 8.99. The van der Waals surface area contributed by atoms with Crippen LogP contribution in [0, 0.1) is 5.92 Å². The van der Waals surface area contributed by atoms with E-state index >= 15 is 0 Å². The summed E-state index contributed by atoms with van der Waals surface area (Å²) in [6.45, 7) is 4.65. The number of aromatic nitrogens is 4. The summed E-state index contributed by atoms with van der Waals surface area (Å²) in [5.41, 5.74) is 0. The first-order valence-electron chi connectivity index (χ1n) is 9.38. The summed E-state index contributed by atoms with van der Waals surface area (Å²) in [7, 11) is 0. The zero-order valence-electron chi connectivity index (χ0n) is 14.5. The Kier molecular flexibility index (Phi) is 4.94. The van der Waals surface area contributed by atoms with Gasteiger partial charge in [0.1, 0.15) is 6.04 Å². The average molecular weight is 346 g/mol. The average Bonchev–Trinajstić information content (AvgIpc) is 3.29. The van der Waals surface area contributed by atoms with E-state index in [4.69, 9.17) is 0 Å². The van der Waals surface area contributed by atoms with E-state index in [1.807, 2.05) is 11.3 Å². The number of nitrogens with zero attached hydrogens (tertiary/aromatic N) is 5. The summed E-state index contributed by atoms with van der Waals surface area (Å²) in [6, 6.07) is 5.09. The molecule has 5 nitrogen and oxygen atoms in total. The van der Waals surface area contributed by atoms with Gasteiger partial charge in [0.15, 0.2) is 5.82 Å². The van der Waals surface area contributed by atoms with Crippen molar-refractivity contribution in [3.8, 4) is 0 Å². The second-order valence-electron chi connectivity index (χ2n) is 7.43. The fraction of sp³-hybridized carbons (Fsp3) is 0.722. The fourth-order valence-corrected chi connectivity index (χ4v) is 5.20. The molecule has 3 heterocycles. The molecule has 1 saturated carbocycles. The van der Waals surface area contributed by atoms with E-state index in [-0.39, 0.29) is 6.04 Å². The lowest BCUT2D eigenvalue weighted by molar-refractivity contribution is 0.140. The number of likely N-dealkylation sites (tertiary alicyclic amines) is 1. The molecular formula is C18H27N5S. The Labute approximate surface area is 148 Å². The smallest absolute Gasteiger partial charge is 0.174 e. The molecule has 0 aromatic carbocycles. The van der Waals surface area contributed by atoms with Crippen molar-refractivity contribution in [2.24, 2.45) is 5.92 Å². The molecule has 130 valence electrons. The summed E-state index contributed by atoms with van der Waals surface area (Å²) in [4.78, 5) is 3.97. The lowest BCUT2D eigenvalue weighted by Gasteiger charge is -2.36. The van der Waals surface area contributed by atoms with Gasteiger partial charge in [-0.25, -0.2) is 4.68 Å². The van der Waals surface area contributed by atoms with Crippen molar-refractivity contribution in [1.82, 2.24) is 25.1 Å². The monoisotopic (exact) mass is 345 g/mol. The van der Waals surface area contributed by atoms with Gasteiger partial charge in [0.25, 0.3) is 0 Å². The quantitative estimate of drug-likeness (QED) is 0.838. The third-order valence-corrected chi connectivity index (χ3v) is 6.47. The zero-order valence-corrected chi connectivity index (χ0v) is 15.3. The molecule has 2 aliphatic rings. The van der Waals surface area contributed by atoms with Crippen LogP contribution in [-0.4, -0.2) is 38.2 Å². The van der Waals surface area contributed by atoms with Crippen LogP contribution in [0.2, 0.25) is 0 Å². The van der Waals surface area contributed by atoms with Crippen LogP contribution in [-0.2, 0) is 0 Å². The molecule has 2 fully saturated rings. The molecule has 0 bridgehead atoms. The highest BCUT2D eigenvalue weighted by molar-refractivity contribution is 7.10. The first kappa shape index (κ1) is 16.2. The fourth-order valence-electron chi connectivity index (χ4n) is 4.34. The van der Waals surface area contributed by atoms with Crippen molar-refractivity contribution < 1.29 is 0 Å². The van der Waals surface area contributed by atoms with E-state index in [0.717, 1.165) is 24.8 Å². The van der Waals surface area contributed by atoms with Crippen molar-refractivity contribution >= 4 is 11.3 Å². The van der Waals surface area contributed by atoms with Crippen LogP contribution < -0.4 is 0 Å². The maximum atomic E-state index is 4.51. The molecule has 1 saturated heterocycles. The highest BCUT2D eigenvalue weighted by Gasteiger charge is 2.33. The van der Waals surface area contributed by atoms with Gasteiger partial charge in [-0.15, -0.1) is 16.4 Å². The van der Waals surface area contributed by atoms with Gasteiger partial charge in [-0.05, 0) is 60.0 Å². The van der Waals surface area contributed by atoms with Gasteiger partial charge in [0, 0.05) is 11.4 Å². The molecule has 0 amide bonds. The minimum Gasteiger partial charge on any atom is -0.289 e. The van der Waals surface area contributed by atoms with Crippen molar-refractivity contribution in [3.05, 3.63) is 28.2 Å². The van der Waals surface area contributed by atoms with Crippen LogP contribution in [0.15, 0.2) is 17.5 Å². The minimum atomic E-state index is 0.213. The van der Waals surface area contributed by atoms with Crippen LogP contribution in [0.1, 0.15) is 74.7 Å². The Balaban J connectivity index is 1.68. The van der Waals surface area contributed by atoms with Crippen LogP contribution in [0.5, 0.6) is 0 Å². The lowest BCUT2D eigenvalue weighted by atomic mass is 9.95. The molecule has 0 N–H and O–H groups in total. The molecule has 2 aromatic heterocycles. The van der Waals surface area contributed by atoms with Gasteiger partial charge in [-0.3, -0.25) is 4.90 Å². The lowest BCUT2D eigenvalue weighted by Crippen LogP contribution is -2.39. The van der Waals surface area contributed by atoms with E-state index < -0.39 is 0 Å². The Hall–Kier alpha value is -1.27. The molecule has 6 heteroatoms. The predicted octanol–water partition coefficient (Wildman–Crippen LogP) is 4.06. The first-order valence-corrected chi connectivity index (χ1v) is 10.3. The molecule has 24 heavy (non-hydrogen) atoms. The minimum absolute atomic E-state index is 0.213. The molecule has 0 unspecified atom stereocenters. The highest BCUT2D eigenvalue weighted by Crippen LogP contribution is 2.36. The summed E-state index contributed by atoms with van der Waals surface area (Å²) in [5.74, 6) is 1.80. The van der Waals surface area contributed by atoms with Gasteiger partial charge < -0.3 is 0 Å². The maximum Gasteiger partial charge on any atom is 0.174 e. The van der Waals surface area contributed by atoms with Gasteiger partial charge >= 0.3 is 0 Å². The predicted molar refractivity (Wildman–Crippen MR) is 96.1 cm³/mol. The molecule has 2 atom stereocenters. The van der Waals surface area contributed by atoms with Crippen LogP contribution >= 0.6 is 11.3 Å². The van der Waals surface area contributed by atoms with Gasteiger partial charge in [0.05, 0.1) is 6.04 Å². The van der Waals surface area contributed by atoms with E-state index in [0.29, 0.717) is 6.04 Å². The summed E-state index contributed by atoms with van der Waals surface area (Å²) < 4.78 is 2.16. The zero-order chi connectivity index (χ0) is 16.4. The van der Waals surface area contributed by atoms with Crippen molar-refractivity contribution in [2.75, 3.05) is 13.1 Å². The first-order chi connectivity index (χ1) is 11.8. The van der Waals surface area contributed by atoms with Crippen LogP contribution in [0.4, 0.5) is 0 Å². The maximum absolute atomic E-state index is 4.51. The Morgan fingerprint density at radius 3 is 2.79 bits per heavy atom. The Morgan fingerprint density at radius 2 is 2.04 bits per heavy atom. The van der Waals surface area contributed by atoms with E-state index in [2.05, 4.69) is 49.5 Å². The number of thiophene rings is 1. The molecule has 1 aliphatic heterocycles. The van der Waals surface area contributed by atoms with Gasteiger partial charge in [-0.1, -0.05) is 32.3 Å². The van der Waals surface area contributed by atoms with Crippen LogP contribution in [0.25, 0.3) is 0 Å². The molecule has 1 aliphatic carbocycles. The third-order valence-electron chi connectivity index (χ3n) is 5.55. The highest BCUT2D eigenvalue weighted by atomic mass is 32.1. The number of tetrazole rings is 1. The van der Waals surface area contributed by atoms with Crippen molar-refractivity contribution in [1.29, 1.82) is 0 Å². The third kappa shape index (κ3) is 3.26. The van der Waals surface area contributed by atoms with Crippen LogP contribution in [0.3, 0.4) is 0 Å². The number of hydrogen-bond donors (Lipinski definition) is 0. The van der Waals surface area contributed by atoms with Crippen molar-refractivity contribution in [3.63, 3.8) is 0 Å². The normalized spacial score (nSPS) is 25.0. The molecule has 0 radical (unpaired) electrons. The number of piperidine rings is 1. The summed E-state index contributed by atoms with van der Waals surface area (Å²) >= 11 is 1.83. The standard InChI is InChI=1S/C18H27N5S/c1-14-7-5-11-22(13-14)17(16-10-6-12-24-16)18-19-20-21-23(18)15-8-3-2-4-9-15/h6,10,12,14-15,17H,2-5,7-9,11,13H2,1H3/t14-,17-/m1/s1. The molecule has 2 aromatic rings. The van der Waals surface area contributed by atoms with Crippen molar-refractivity contribution in [2.45, 2.75) is 64.0 Å². The molecule has 0 spiro atoms. The largest absolute Gasteiger partial charge is 0.289 e. The van der Waals surface area contributed by atoms with Gasteiger partial charge in [-0.2, -0.15) is 0 Å². The SMILES string of the molecule is C[C@@H]1CCCN([C@H](c2cccs2)c2nnnn2C2CCCCC2)C1. The topological polar surface area (TPSA) is 46.8 Å². The Morgan fingerprint density at radius 1 is 1.17 bits per heavy atom. The van der Waals surface area contributed by atoms with E-state index in [1.54, 1.807) is 0 Å². The second kappa shape index (κ2) is 7.31.